The Morgan fingerprint density at radius 3 is 2.46 bits per heavy atom. The van der Waals surface area contributed by atoms with Crippen LogP contribution in [0.25, 0.3) is 0 Å². The molecule has 2 nitrogen and oxygen atoms in total. The second-order valence-corrected chi connectivity index (χ2v) is 8.13. The summed E-state index contributed by atoms with van der Waals surface area (Å²) in [5, 5.41) is 9.11. The fourth-order valence-corrected chi connectivity index (χ4v) is 4.51. The molecule has 2 saturated carbocycles. The van der Waals surface area contributed by atoms with Gasteiger partial charge in [0.25, 0.3) is 0 Å². The Kier molecular flexibility index (Phi) is 4.67. The van der Waals surface area contributed by atoms with Crippen molar-refractivity contribution in [3.63, 3.8) is 0 Å². The molecule has 1 aromatic rings. The molecule has 0 amide bonds. The Morgan fingerprint density at radius 2 is 1.88 bits per heavy atom. The zero-order valence-electron chi connectivity index (χ0n) is 14.6. The fourth-order valence-electron chi connectivity index (χ4n) is 4.51. The number of hydrogen-bond donors (Lipinski definition) is 1. The van der Waals surface area contributed by atoms with Crippen molar-refractivity contribution in [1.82, 2.24) is 0 Å². The highest BCUT2D eigenvalue weighted by atomic mass is 19.2. The lowest BCUT2D eigenvalue weighted by atomic mass is 9.67. The van der Waals surface area contributed by atoms with E-state index in [1.54, 1.807) is 6.07 Å². The Bertz CT molecular complexity index is 641. The van der Waals surface area contributed by atoms with Crippen LogP contribution in [-0.4, -0.2) is 11.1 Å². The molecule has 132 valence electrons. The van der Waals surface area contributed by atoms with Gasteiger partial charge in [-0.2, -0.15) is 0 Å². The van der Waals surface area contributed by atoms with Gasteiger partial charge in [-0.05, 0) is 66.0 Å². The smallest absolute Gasteiger partial charge is 0.307 e. The number of carbonyl (C=O) groups is 1. The topological polar surface area (TPSA) is 37.3 Å². The zero-order valence-corrected chi connectivity index (χ0v) is 14.6. The summed E-state index contributed by atoms with van der Waals surface area (Å²) in [6.45, 7) is 6.46. The number of carboxylic acid groups (broad SMARTS) is 1. The molecule has 1 aromatic carbocycles. The van der Waals surface area contributed by atoms with E-state index in [1.165, 1.54) is 6.07 Å². The first-order chi connectivity index (χ1) is 11.3. The van der Waals surface area contributed by atoms with Crippen LogP contribution in [0.15, 0.2) is 12.1 Å². The molecule has 5 atom stereocenters. The van der Waals surface area contributed by atoms with Gasteiger partial charge in [-0.25, -0.2) is 8.78 Å². The third kappa shape index (κ3) is 3.20. The van der Waals surface area contributed by atoms with Crippen molar-refractivity contribution in [2.45, 2.75) is 58.3 Å². The van der Waals surface area contributed by atoms with Crippen molar-refractivity contribution in [2.75, 3.05) is 0 Å². The molecule has 0 saturated heterocycles. The van der Waals surface area contributed by atoms with Crippen LogP contribution in [0.5, 0.6) is 0 Å². The SMILES string of the molecule is CC(C)[C@@H]1CC[C@@H](C)C[C@H]1c1cc([C@H]2C[C@H]2C(=O)O)cc(F)c1F. The van der Waals surface area contributed by atoms with E-state index in [0.29, 0.717) is 35.3 Å². The number of rotatable bonds is 4. The molecule has 4 heteroatoms. The van der Waals surface area contributed by atoms with Gasteiger partial charge in [-0.1, -0.05) is 33.3 Å². The van der Waals surface area contributed by atoms with E-state index in [4.69, 9.17) is 5.11 Å². The quantitative estimate of drug-likeness (QED) is 0.807. The van der Waals surface area contributed by atoms with Crippen LogP contribution < -0.4 is 0 Å². The molecular formula is C20H26F2O2. The van der Waals surface area contributed by atoms with Crippen LogP contribution in [0.3, 0.4) is 0 Å². The van der Waals surface area contributed by atoms with Crippen molar-refractivity contribution in [2.24, 2.45) is 23.7 Å². The Hall–Kier alpha value is -1.45. The highest BCUT2D eigenvalue weighted by Gasteiger charge is 2.45. The van der Waals surface area contributed by atoms with Gasteiger partial charge >= 0.3 is 5.97 Å². The summed E-state index contributed by atoms with van der Waals surface area (Å²) in [4.78, 5) is 11.1. The molecule has 24 heavy (non-hydrogen) atoms. The van der Waals surface area contributed by atoms with Crippen molar-refractivity contribution in [1.29, 1.82) is 0 Å². The van der Waals surface area contributed by atoms with Gasteiger partial charge in [0.15, 0.2) is 11.6 Å². The summed E-state index contributed by atoms with van der Waals surface area (Å²) >= 11 is 0. The Labute approximate surface area is 142 Å². The zero-order chi connectivity index (χ0) is 17.6. The van der Waals surface area contributed by atoms with Crippen LogP contribution in [-0.2, 0) is 4.79 Å². The molecule has 0 unspecified atom stereocenters. The van der Waals surface area contributed by atoms with Crippen LogP contribution in [0.2, 0.25) is 0 Å². The lowest BCUT2D eigenvalue weighted by molar-refractivity contribution is -0.138. The van der Waals surface area contributed by atoms with Crippen molar-refractivity contribution in [3.8, 4) is 0 Å². The van der Waals surface area contributed by atoms with E-state index in [-0.39, 0.29) is 11.8 Å². The molecule has 1 N–H and O–H groups in total. The lowest BCUT2D eigenvalue weighted by Crippen LogP contribution is -2.27. The van der Waals surface area contributed by atoms with E-state index in [0.717, 1.165) is 19.3 Å². The molecule has 0 aromatic heterocycles. The van der Waals surface area contributed by atoms with Crippen molar-refractivity contribution >= 4 is 5.97 Å². The number of benzene rings is 1. The van der Waals surface area contributed by atoms with Crippen LogP contribution in [0, 0.1) is 35.3 Å². The maximum absolute atomic E-state index is 14.6. The monoisotopic (exact) mass is 336 g/mol. The molecule has 0 bridgehead atoms. The highest BCUT2D eigenvalue weighted by molar-refractivity contribution is 5.75. The normalized spacial score (nSPS) is 32.8. The van der Waals surface area contributed by atoms with Crippen molar-refractivity contribution in [3.05, 3.63) is 34.9 Å². The molecule has 3 rings (SSSR count). The maximum Gasteiger partial charge on any atom is 0.307 e. The summed E-state index contributed by atoms with van der Waals surface area (Å²) in [6.07, 6.45) is 3.56. The van der Waals surface area contributed by atoms with Crippen LogP contribution in [0.4, 0.5) is 8.78 Å². The molecule has 0 radical (unpaired) electrons. The summed E-state index contributed by atoms with van der Waals surface area (Å²) in [5.41, 5.74) is 1.11. The summed E-state index contributed by atoms with van der Waals surface area (Å²) in [6, 6.07) is 2.95. The lowest BCUT2D eigenvalue weighted by Gasteiger charge is -2.38. The number of carboxylic acids is 1. The predicted octanol–water partition coefficient (Wildman–Crippen LogP) is 5.33. The molecule has 0 spiro atoms. The first-order valence-corrected chi connectivity index (χ1v) is 9.01. The minimum absolute atomic E-state index is 0.0187. The molecule has 2 aliphatic rings. The van der Waals surface area contributed by atoms with Gasteiger partial charge in [0.05, 0.1) is 5.92 Å². The minimum Gasteiger partial charge on any atom is -0.481 e. The maximum atomic E-state index is 14.6. The van der Waals surface area contributed by atoms with E-state index >= 15 is 0 Å². The van der Waals surface area contributed by atoms with Gasteiger partial charge in [-0.15, -0.1) is 0 Å². The summed E-state index contributed by atoms with van der Waals surface area (Å²) < 4.78 is 28.8. The third-order valence-corrected chi connectivity index (χ3v) is 6.04. The first kappa shape index (κ1) is 17.4. The highest BCUT2D eigenvalue weighted by Crippen LogP contribution is 2.50. The standard InChI is InChI=1S/C20H26F2O2/c1-10(2)13-5-4-11(3)6-15(13)16-7-12(8-18(21)19(16)22)14-9-17(14)20(23)24/h7-8,10-11,13-15,17H,4-6,9H2,1-3H3,(H,23,24)/t11-,13+,14-,15-,17-/m1/s1. The fraction of sp³-hybridized carbons (Fsp3) is 0.650. The van der Waals surface area contributed by atoms with Gasteiger partial charge in [-0.3, -0.25) is 4.79 Å². The average molecular weight is 336 g/mol. The number of hydrogen-bond acceptors (Lipinski definition) is 1. The molecule has 0 heterocycles. The summed E-state index contributed by atoms with van der Waals surface area (Å²) in [5.74, 6) is -1.76. The van der Waals surface area contributed by atoms with Crippen LogP contribution in [0.1, 0.15) is 69.4 Å². The molecule has 2 aliphatic carbocycles. The first-order valence-electron chi connectivity index (χ1n) is 9.01. The number of aliphatic carboxylic acids is 1. The van der Waals surface area contributed by atoms with Gasteiger partial charge < -0.3 is 5.11 Å². The van der Waals surface area contributed by atoms with E-state index in [1.807, 2.05) is 0 Å². The molecule has 0 aliphatic heterocycles. The molecular weight excluding hydrogens is 310 g/mol. The van der Waals surface area contributed by atoms with E-state index < -0.39 is 23.5 Å². The van der Waals surface area contributed by atoms with Crippen molar-refractivity contribution < 1.29 is 18.7 Å². The largest absolute Gasteiger partial charge is 0.481 e. The Balaban J connectivity index is 1.96. The second kappa shape index (κ2) is 6.45. The van der Waals surface area contributed by atoms with Gasteiger partial charge in [0, 0.05) is 0 Å². The molecule has 2 fully saturated rings. The van der Waals surface area contributed by atoms with E-state index in [2.05, 4.69) is 20.8 Å². The van der Waals surface area contributed by atoms with Gasteiger partial charge in [0.2, 0.25) is 0 Å². The summed E-state index contributed by atoms with van der Waals surface area (Å²) in [7, 11) is 0. The van der Waals surface area contributed by atoms with Gasteiger partial charge in [0.1, 0.15) is 0 Å². The average Bonchev–Trinajstić information content (AvgIpc) is 3.30. The Morgan fingerprint density at radius 1 is 1.17 bits per heavy atom. The van der Waals surface area contributed by atoms with Crippen LogP contribution >= 0.6 is 0 Å². The predicted molar refractivity (Wildman–Crippen MR) is 88.9 cm³/mol. The second-order valence-electron chi connectivity index (χ2n) is 8.13. The number of halogens is 2. The minimum atomic E-state index is -0.849. The van der Waals surface area contributed by atoms with E-state index in [9.17, 15) is 13.6 Å². The third-order valence-electron chi connectivity index (χ3n) is 6.04.